The average Bonchev–Trinajstić information content (AvgIpc) is 2.84. The number of fused-ring (bicyclic) bond motifs is 1. The first-order chi connectivity index (χ1) is 10.1. The van der Waals surface area contributed by atoms with Crippen molar-refractivity contribution in [2.24, 2.45) is 0 Å². The Morgan fingerprint density at radius 2 is 1.71 bits per heavy atom. The molecule has 0 aliphatic rings. The van der Waals surface area contributed by atoms with E-state index in [1.54, 1.807) is 0 Å². The molecule has 1 unspecified atom stereocenters. The van der Waals surface area contributed by atoms with Crippen molar-refractivity contribution < 1.29 is 4.42 Å². The summed E-state index contributed by atoms with van der Waals surface area (Å²) in [7, 11) is 1.92. The van der Waals surface area contributed by atoms with Crippen molar-refractivity contribution in [3.8, 4) is 0 Å². The number of hydrogen-bond acceptors (Lipinski definition) is 2. The lowest BCUT2D eigenvalue weighted by Gasteiger charge is -2.16. The van der Waals surface area contributed by atoms with Crippen molar-refractivity contribution >= 4 is 22.6 Å². The summed E-state index contributed by atoms with van der Waals surface area (Å²) in [6.07, 6.45) is 0. The zero-order valence-electron chi connectivity index (χ0n) is 12.4. The van der Waals surface area contributed by atoms with Crippen LogP contribution in [0.5, 0.6) is 0 Å². The van der Waals surface area contributed by atoms with Crippen molar-refractivity contribution in [1.82, 2.24) is 5.32 Å². The number of hydrogen-bond donors (Lipinski definition) is 1. The molecule has 0 saturated heterocycles. The van der Waals surface area contributed by atoms with E-state index in [0.29, 0.717) is 0 Å². The lowest BCUT2D eigenvalue weighted by Crippen LogP contribution is -2.17. The lowest BCUT2D eigenvalue weighted by atomic mass is 10.0. The molecule has 1 N–H and O–H groups in total. The van der Waals surface area contributed by atoms with Crippen molar-refractivity contribution in [1.29, 1.82) is 0 Å². The fraction of sp³-hybridized carbons (Fsp3) is 0.222. The number of nitrogens with one attached hydrogen (secondary N) is 1. The molecule has 108 valence electrons. The Hall–Kier alpha value is -1.77. The molecule has 3 aromatic rings. The van der Waals surface area contributed by atoms with E-state index in [1.165, 1.54) is 5.56 Å². The Bertz CT molecular complexity index is 791. The highest BCUT2D eigenvalue weighted by atomic mass is 35.5. The summed E-state index contributed by atoms with van der Waals surface area (Å²) in [6.45, 7) is 4.12. The molecule has 3 heteroatoms. The third-order valence-electron chi connectivity index (χ3n) is 3.73. The van der Waals surface area contributed by atoms with Crippen molar-refractivity contribution in [2.75, 3.05) is 7.05 Å². The monoisotopic (exact) mass is 299 g/mol. The SMILES string of the molecule is CNC(c1cc2cc(C)ccc2o1)c1ccc(C)cc1Cl. The van der Waals surface area contributed by atoms with Gasteiger partial charge in [0.25, 0.3) is 0 Å². The van der Waals surface area contributed by atoms with Gasteiger partial charge in [-0.05, 0) is 56.3 Å². The van der Waals surface area contributed by atoms with Crippen LogP contribution in [0, 0.1) is 13.8 Å². The van der Waals surface area contributed by atoms with Gasteiger partial charge in [-0.2, -0.15) is 0 Å². The van der Waals surface area contributed by atoms with Gasteiger partial charge in [-0.15, -0.1) is 0 Å². The maximum Gasteiger partial charge on any atom is 0.134 e. The zero-order valence-corrected chi connectivity index (χ0v) is 13.2. The van der Waals surface area contributed by atoms with Gasteiger partial charge < -0.3 is 9.73 Å². The van der Waals surface area contributed by atoms with E-state index in [4.69, 9.17) is 16.0 Å². The van der Waals surface area contributed by atoms with Crippen LogP contribution in [0.25, 0.3) is 11.0 Å². The number of furan rings is 1. The molecule has 0 fully saturated rings. The molecule has 0 aliphatic carbocycles. The third-order valence-corrected chi connectivity index (χ3v) is 4.06. The predicted molar refractivity (Wildman–Crippen MR) is 88.0 cm³/mol. The van der Waals surface area contributed by atoms with Gasteiger partial charge in [0.05, 0.1) is 6.04 Å². The lowest BCUT2D eigenvalue weighted by molar-refractivity contribution is 0.491. The van der Waals surface area contributed by atoms with Crippen LogP contribution in [-0.4, -0.2) is 7.05 Å². The maximum absolute atomic E-state index is 6.40. The minimum absolute atomic E-state index is 0.0502. The normalized spacial score (nSPS) is 12.8. The van der Waals surface area contributed by atoms with Crippen molar-refractivity contribution in [3.63, 3.8) is 0 Å². The Labute approximate surface area is 129 Å². The second-order valence-corrected chi connectivity index (χ2v) is 5.84. The fourth-order valence-electron chi connectivity index (χ4n) is 2.64. The van der Waals surface area contributed by atoms with Gasteiger partial charge in [-0.3, -0.25) is 0 Å². The van der Waals surface area contributed by atoms with E-state index >= 15 is 0 Å². The van der Waals surface area contributed by atoms with Gasteiger partial charge in [-0.25, -0.2) is 0 Å². The van der Waals surface area contributed by atoms with Crippen LogP contribution in [0.2, 0.25) is 5.02 Å². The molecule has 2 nitrogen and oxygen atoms in total. The van der Waals surface area contributed by atoms with Crippen LogP contribution in [0.3, 0.4) is 0 Å². The first-order valence-corrected chi connectivity index (χ1v) is 7.39. The fourth-order valence-corrected chi connectivity index (χ4v) is 2.99. The van der Waals surface area contributed by atoms with Gasteiger partial charge in [0.1, 0.15) is 11.3 Å². The van der Waals surface area contributed by atoms with E-state index in [-0.39, 0.29) is 6.04 Å². The van der Waals surface area contributed by atoms with Crippen LogP contribution < -0.4 is 5.32 Å². The summed E-state index contributed by atoms with van der Waals surface area (Å²) in [5, 5.41) is 5.17. The average molecular weight is 300 g/mol. The van der Waals surface area contributed by atoms with E-state index in [1.807, 2.05) is 26.1 Å². The van der Waals surface area contributed by atoms with Gasteiger partial charge in [0.2, 0.25) is 0 Å². The number of aryl methyl sites for hydroxylation is 2. The molecule has 0 bridgehead atoms. The molecule has 0 saturated carbocycles. The molecule has 0 amide bonds. The summed E-state index contributed by atoms with van der Waals surface area (Å²) in [5.41, 5.74) is 4.31. The quantitative estimate of drug-likeness (QED) is 0.735. The molecule has 1 atom stereocenters. The molecule has 3 rings (SSSR count). The molecular formula is C18H18ClNO. The molecular weight excluding hydrogens is 282 g/mol. The molecule has 1 aromatic heterocycles. The number of halogens is 1. The summed E-state index contributed by atoms with van der Waals surface area (Å²) >= 11 is 6.40. The van der Waals surface area contributed by atoms with Gasteiger partial charge in [0.15, 0.2) is 0 Å². The second-order valence-electron chi connectivity index (χ2n) is 5.44. The smallest absolute Gasteiger partial charge is 0.134 e. The van der Waals surface area contributed by atoms with E-state index < -0.39 is 0 Å². The van der Waals surface area contributed by atoms with Crippen LogP contribution >= 0.6 is 11.6 Å². The third kappa shape index (κ3) is 2.69. The Morgan fingerprint density at radius 3 is 2.43 bits per heavy atom. The minimum Gasteiger partial charge on any atom is -0.459 e. The number of benzene rings is 2. The molecule has 21 heavy (non-hydrogen) atoms. The topological polar surface area (TPSA) is 25.2 Å². The van der Waals surface area contributed by atoms with Crippen molar-refractivity contribution in [3.05, 3.63) is 69.9 Å². The molecule has 0 spiro atoms. The van der Waals surface area contributed by atoms with E-state index in [0.717, 1.165) is 32.9 Å². The van der Waals surface area contributed by atoms with Crippen molar-refractivity contribution in [2.45, 2.75) is 19.9 Å². The Balaban J connectivity index is 2.09. The minimum atomic E-state index is -0.0502. The zero-order chi connectivity index (χ0) is 15.0. The molecule has 0 radical (unpaired) electrons. The van der Waals surface area contributed by atoms with E-state index in [2.05, 4.69) is 42.6 Å². The van der Waals surface area contributed by atoms with Crippen LogP contribution in [0.4, 0.5) is 0 Å². The Kier molecular flexibility index (Phi) is 3.75. The highest BCUT2D eigenvalue weighted by Gasteiger charge is 2.19. The summed E-state index contributed by atoms with van der Waals surface area (Å²) in [6, 6.07) is 14.3. The predicted octanol–water partition coefficient (Wildman–Crippen LogP) is 5.01. The highest BCUT2D eigenvalue weighted by molar-refractivity contribution is 6.31. The van der Waals surface area contributed by atoms with Gasteiger partial charge >= 0.3 is 0 Å². The first-order valence-electron chi connectivity index (χ1n) is 7.02. The molecule has 2 aromatic carbocycles. The van der Waals surface area contributed by atoms with Crippen LogP contribution in [-0.2, 0) is 0 Å². The van der Waals surface area contributed by atoms with Crippen LogP contribution in [0.1, 0.15) is 28.5 Å². The van der Waals surface area contributed by atoms with E-state index in [9.17, 15) is 0 Å². The molecule has 1 heterocycles. The first kappa shape index (κ1) is 14.2. The standard InChI is InChI=1S/C18H18ClNO/c1-11-5-7-16-13(8-11)10-17(21-16)18(20-3)14-6-4-12(2)9-15(14)19/h4-10,18,20H,1-3H3. The summed E-state index contributed by atoms with van der Waals surface area (Å²) in [5.74, 6) is 0.879. The second kappa shape index (κ2) is 5.55. The largest absolute Gasteiger partial charge is 0.459 e. The molecule has 0 aliphatic heterocycles. The Morgan fingerprint density at radius 1 is 1.00 bits per heavy atom. The highest BCUT2D eigenvalue weighted by Crippen LogP contribution is 2.32. The maximum atomic E-state index is 6.40. The van der Waals surface area contributed by atoms with Gasteiger partial charge in [-0.1, -0.05) is 35.4 Å². The van der Waals surface area contributed by atoms with Crippen LogP contribution in [0.15, 0.2) is 46.9 Å². The van der Waals surface area contributed by atoms with Gasteiger partial charge in [0, 0.05) is 10.4 Å². The summed E-state index contributed by atoms with van der Waals surface area (Å²) < 4.78 is 5.99. The number of rotatable bonds is 3. The summed E-state index contributed by atoms with van der Waals surface area (Å²) in [4.78, 5) is 0.